The van der Waals surface area contributed by atoms with Gasteiger partial charge in [0.15, 0.2) is 0 Å². The number of fused-ring (bicyclic) bond motifs is 1. The van der Waals surface area contributed by atoms with Gasteiger partial charge in [-0.25, -0.2) is 18.4 Å². The number of piperidine rings is 1. The Morgan fingerprint density at radius 1 is 1.15 bits per heavy atom. The number of sulfonamides is 1. The first-order valence-electron chi connectivity index (χ1n) is 10.9. The summed E-state index contributed by atoms with van der Waals surface area (Å²) in [5, 5.41) is 4.75. The number of aromatic nitrogens is 2. The maximum Gasteiger partial charge on any atom is 0.253 e. The summed E-state index contributed by atoms with van der Waals surface area (Å²) in [5.74, 6) is 0.0664. The Balaban J connectivity index is 1.39. The molecule has 0 radical (unpaired) electrons. The van der Waals surface area contributed by atoms with Crippen LogP contribution in [0.15, 0.2) is 47.1 Å². The second kappa shape index (κ2) is 9.27. The summed E-state index contributed by atoms with van der Waals surface area (Å²) in [6.45, 7) is 2.18. The Hall–Kier alpha value is -2.11. The number of carbonyl (C=O) groups is 1. The number of nitrogens with one attached hydrogen (secondary N) is 1. The van der Waals surface area contributed by atoms with Crippen LogP contribution in [-0.2, 0) is 14.8 Å². The number of thiophene rings is 1. The van der Waals surface area contributed by atoms with Crippen LogP contribution >= 0.6 is 22.9 Å². The molecule has 5 rings (SSSR count). The molecule has 0 bridgehead atoms. The van der Waals surface area contributed by atoms with E-state index in [1.54, 1.807) is 24.4 Å². The van der Waals surface area contributed by atoms with E-state index in [1.807, 2.05) is 17.0 Å². The van der Waals surface area contributed by atoms with E-state index in [-0.39, 0.29) is 35.2 Å². The number of benzene rings is 1. The molecular formula is C22H24ClN5O3S2. The molecule has 4 heterocycles. The highest BCUT2D eigenvalue weighted by atomic mass is 35.5. The van der Waals surface area contributed by atoms with Crippen LogP contribution in [-0.4, -0.2) is 66.2 Å². The number of amides is 1. The van der Waals surface area contributed by atoms with Gasteiger partial charge in [0, 0.05) is 29.0 Å². The van der Waals surface area contributed by atoms with E-state index in [0.29, 0.717) is 11.6 Å². The SMILES string of the molecule is O=C1CN(S(=O)(=O)c2cc3ccc(Cl)cc3s2)CCN1C(c1ccncn1)C1CCNCC1. The lowest BCUT2D eigenvalue weighted by Gasteiger charge is -2.42. The van der Waals surface area contributed by atoms with Crippen LogP contribution in [0, 0.1) is 5.92 Å². The number of rotatable bonds is 5. The summed E-state index contributed by atoms with van der Waals surface area (Å²) < 4.78 is 29.0. The van der Waals surface area contributed by atoms with Crippen molar-refractivity contribution in [1.29, 1.82) is 0 Å². The first-order chi connectivity index (χ1) is 15.9. The van der Waals surface area contributed by atoms with Crippen molar-refractivity contribution in [2.24, 2.45) is 5.92 Å². The first-order valence-corrected chi connectivity index (χ1v) is 13.5. The zero-order valence-corrected chi connectivity index (χ0v) is 20.2. The highest BCUT2D eigenvalue weighted by molar-refractivity contribution is 7.91. The maximum atomic E-state index is 13.3. The molecule has 1 aromatic carbocycles. The zero-order chi connectivity index (χ0) is 23.0. The quantitative estimate of drug-likeness (QED) is 0.573. The Kier molecular flexibility index (Phi) is 6.37. The van der Waals surface area contributed by atoms with Crippen molar-refractivity contribution in [3.8, 4) is 0 Å². The number of carbonyl (C=O) groups excluding carboxylic acids is 1. The van der Waals surface area contributed by atoms with Gasteiger partial charge in [0.2, 0.25) is 5.91 Å². The van der Waals surface area contributed by atoms with Crippen LogP contribution in [0.3, 0.4) is 0 Å². The van der Waals surface area contributed by atoms with Gasteiger partial charge in [0.05, 0.1) is 18.3 Å². The van der Waals surface area contributed by atoms with Gasteiger partial charge in [-0.2, -0.15) is 4.31 Å². The molecule has 2 aliphatic heterocycles. The third-order valence-corrected chi connectivity index (χ3v) is 9.98. The Morgan fingerprint density at radius 2 is 1.97 bits per heavy atom. The van der Waals surface area contributed by atoms with Crippen LogP contribution < -0.4 is 5.32 Å². The van der Waals surface area contributed by atoms with Gasteiger partial charge in [0.1, 0.15) is 10.5 Å². The molecule has 11 heteroatoms. The molecule has 8 nitrogen and oxygen atoms in total. The van der Waals surface area contributed by atoms with E-state index in [4.69, 9.17) is 11.6 Å². The maximum absolute atomic E-state index is 13.3. The van der Waals surface area contributed by atoms with Gasteiger partial charge in [-0.3, -0.25) is 4.79 Å². The molecule has 3 aromatic rings. The highest BCUT2D eigenvalue weighted by Crippen LogP contribution is 2.36. The molecule has 0 spiro atoms. The van der Waals surface area contributed by atoms with E-state index in [0.717, 1.165) is 41.7 Å². The lowest BCUT2D eigenvalue weighted by Crippen LogP contribution is -2.54. The minimum Gasteiger partial charge on any atom is -0.331 e. The largest absolute Gasteiger partial charge is 0.331 e. The van der Waals surface area contributed by atoms with Gasteiger partial charge in [0.25, 0.3) is 10.0 Å². The van der Waals surface area contributed by atoms with Gasteiger partial charge in [-0.1, -0.05) is 17.7 Å². The number of halogens is 1. The van der Waals surface area contributed by atoms with Crippen molar-refractivity contribution in [3.63, 3.8) is 0 Å². The molecule has 0 saturated carbocycles. The van der Waals surface area contributed by atoms with E-state index in [9.17, 15) is 13.2 Å². The first kappa shape index (κ1) is 22.7. The molecule has 2 fully saturated rings. The van der Waals surface area contributed by atoms with Crippen molar-refractivity contribution in [2.45, 2.75) is 23.1 Å². The predicted octanol–water partition coefficient (Wildman–Crippen LogP) is 2.92. The van der Waals surface area contributed by atoms with Crippen molar-refractivity contribution in [1.82, 2.24) is 24.5 Å². The van der Waals surface area contributed by atoms with Crippen molar-refractivity contribution < 1.29 is 13.2 Å². The molecule has 2 aromatic heterocycles. The van der Waals surface area contributed by atoms with E-state index < -0.39 is 10.0 Å². The number of nitrogens with zero attached hydrogens (tertiary/aromatic N) is 4. The van der Waals surface area contributed by atoms with Crippen molar-refractivity contribution >= 4 is 49.0 Å². The molecule has 2 aliphatic rings. The number of hydrogen-bond acceptors (Lipinski definition) is 7. The van der Waals surface area contributed by atoms with Crippen LogP contribution in [0.2, 0.25) is 5.02 Å². The lowest BCUT2D eigenvalue weighted by atomic mass is 9.86. The van der Waals surface area contributed by atoms with Gasteiger partial charge in [-0.15, -0.1) is 11.3 Å². The fourth-order valence-electron chi connectivity index (χ4n) is 4.69. The van der Waals surface area contributed by atoms with Crippen molar-refractivity contribution in [2.75, 3.05) is 32.7 Å². The van der Waals surface area contributed by atoms with Gasteiger partial charge < -0.3 is 10.2 Å². The van der Waals surface area contributed by atoms with Crippen LogP contribution in [0.4, 0.5) is 0 Å². The lowest BCUT2D eigenvalue weighted by molar-refractivity contribution is -0.138. The fraction of sp³-hybridized carbons (Fsp3) is 0.409. The summed E-state index contributed by atoms with van der Waals surface area (Å²) in [4.78, 5) is 23.6. The van der Waals surface area contributed by atoms with E-state index in [2.05, 4.69) is 15.3 Å². The average Bonchev–Trinajstić information content (AvgIpc) is 3.26. The van der Waals surface area contributed by atoms with Gasteiger partial charge >= 0.3 is 0 Å². The Labute approximate surface area is 201 Å². The molecular weight excluding hydrogens is 482 g/mol. The third-order valence-electron chi connectivity index (χ3n) is 6.35. The number of hydrogen-bond donors (Lipinski definition) is 1. The van der Waals surface area contributed by atoms with Crippen molar-refractivity contribution in [3.05, 3.63) is 53.6 Å². The summed E-state index contributed by atoms with van der Waals surface area (Å²) in [5.41, 5.74) is 0.808. The fourth-order valence-corrected chi connectivity index (χ4v) is 7.90. The van der Waals surface area contributed by atoms with Crippen LogP contribution in [0.5, 0.6) is 0 Å². The summed E-state index contributed by atoms with van der Waals surface area (Å²) in [6.07, 6.45) is 5.06. The molecule has 33 heavy (non-hydrogen) atoms. The minimum absolute atomic E-state index is 0.177. The minimum atomic E-state index is -3.78. The van der Waals surface area contributed by atoms with Gasteiger partial charge in [-0.05, 0) is 61.5 Å². The molecule has 0 aliphatic carbocycles. The predicted molar refractivity (Wildman–Crippen MR) is 128 cm³/mol. The Morgan fingerprint density at radius 3 is 2.70 bits per heavy atom. The molecule has 174 valence electrons. The molecule has 1 amide bonds. The monoisotopic (exact) mass is 505 g/mol. The second-order valence-corrected chi connectivity index (χ2v) is 12.0. The smallest absolute Gasteiger partial charge is 0.253 e. The van der Waals surface area contributed by atoms with E-state index in [1.165, 1.54) is 22.0 Å². The normalized spacial score (nSPS) is 19.8. The van der Waals surface area contributed by atoms with Crippen LogP contribution in [0.25, 0.3) is 10.1 Å². The molecule has 2 saturated heterocycles. The molecule has 1 unspecified atom stereocenters. The summed E-state index contributed by atoms with van der Waals surface area (Å²) in [6, 6.07) is 8.63. The van der Waals surface area contributed by atoms with Crippen LogP contribution in [0.1, 0.15) is 24.6 Å². The van der Waals surface area contributed by atoms with E-state index >= 15 is 0 Å². The highest BCUT2D eigenvalue weighted by Gasteiger charge is 2.40. The Bertz CT molecular complexity index is 1260. The number of piperazine rings is 1. The zero-order valence-electron chi connectivity index (χ0n) is 17.9. The summed E-state index contributed by atoms with van der Waals surface area (Å²) in [7, 11) is -3.78. The molecule has 1 N–H and O–H groups in total. The second-order valence-electron chi connectivity index (χ2n) is 8.34. The average molecular weight is 506 g/mol. The summed E-state index contributed by atoms with van der Waals surface area (Å²) >= 11 is 7.23. The molecule has 1 atom stereocenters. The standard InChI is InChI=1S/C22H24ClN5O3S2/c23-17-2-1-16-11-21(32-19(16)12-17)33(30,31)27-9-10-28(20(29)13-27)22(15-3-6-24-7-4-15)18-5-8-25-14-26-18/h1-2,5,8,11-12,14-15,22,24H,3-4,6-7,9-10,13H2. The topological polar surface area (TPSA) is 95.5 Å². The third kappa shape index (κ3) is 4.50.